The minimum Gasteiger partial charge on any atom is -0.315 e. The second kappa shape index (κ2) is 4.30. The van der Waals surface area contributed by atoms with Gasteiger partial charge in [0.15, 0.2) is 0 Å². The van der Waals surface area contributed by atoms with E-state index >= 15 is 0 Å². The minimum absolute atomic E-state index is 0.0337. The Kier molecular flexibility index (Phi) is 2.63. The van der Waals surface area contributed by atoms with E-state index in [4.69, 9.17) is 0 Å². The summed E-state index contributed by atoms with van der Waals surface area (Å²) < 4.78 is 0. The zero-order chi connectivity index (χ0) is 12.5. The number of para-hydroxylation sites is 1. The summed E-state index contributed by atoms with van der Waals surface area (Å²) in [5.41, 5.74) is 3.40. The molecule has 0 N–H and O–H groups in total. The van der Waals surface area contributed by atoms with E-state index < -0.39 is 0 Å². The van der Waals surface area contributed by atoms with Crippen molar-refractivity contribution in [3.8, 4) is 0 Å². The summed E-state index contributed by atoms with van der Waals surface area (Å²) in [4.78, 5) is 14.1. The average molecular weight is 237 g/mol. The maximum absolute atomic E-state index is 12.3. The van der Waals surface area contributed by atoms with Crippen LogP contribution in [0.3, 0.4) is 0 Å². The molecule has 0 spiro atoms. The summed E-state index contributed by atoms with van der Waals surface area (Å²) in [5.74, 6) is 0.161. The predicted molar refractivity (Wildman–Crippen MR) is 72.7 cm³/mol. The molecule has 2 aromatic rings. The molecule has 0 radical (unpaired) electrons. The number of benzene rings is 2. The Bertz CT molecular complexity index is 577. The van der Waals surface area contributed by atoms with E-state index in [9.17, 15) is 4.79 Å². The second-order valence-corrected chi connectivity index (χ2v) is 4.70. The van der Waals surface area contributed by atoms with Crippen LogP contribution in [-0.4, -0.2) is 13.0 Å². The van der Waals surface area contributed by atoms with Gasteiger partial charge in [-0.2, -0.15) is 0 Å². The molecule has 0 unspecified atom stereocenters. The van der Waals surface area contributed by atoms with Gasteiger partial charge >= 0.3 is 0 Å². The lowest BCUT2D eigenvalue weighted by molar-refractivity contribution is -0.119. The highest BCUT2D eigenvalue weighted by Crippen LogP contribution is 2.37. The standard InChI is InChI=1S/C16H15NO/c1-17-15-10-6-5-9-13(15)14(16(17)18)11-12-7-3-2-4-8-12/h2-10,14H,11H2,1H3/t14-/m1/s1. The number of carbonyl (C=O) groups is 1. The van der Waals surface area contributed by atoms with Crippen LogP contribution in [0.1, 0.15) is 17.0 Å². The highest BCUT2D eigenvalue weighted by atomic mass is 16.2. The van der Waals surface area contributed by atoms with Gasteiger partial charge in [-0.15, -0.1) is 0 Å². The Morgan fingerprint density at radius 3 is 2.44 bits per heavy atom. The number of hydrogen-bond donors (Lipinski definition) is 0. The molecule has 0 aliphatic carbocycles. The maximum Gasteiger partial charge on any atom is 0.234 e. The third-order valence-electron chi connectivity index (χ3n) is 3.58. The normalized spacial score (nSPS) is 17.9. The first-order chi connectivity index (χ1) is 8.77. The van der Waals surface area contributed by atoms with Crippen molar-refractivity contribution in [1.82, 2.24) is 0 Å². The summed E-state index contributed by atoms with van der Waals surface area (Å²) in [7, 11) is 1.85. The van der Waals surface area contributed by atoms with Crippen molar-refractivity contribution in [1.29, 1.82) is 0 Å². The van der Waals surface area contributed by atoms with E-state index in [1.807, 2.05) is 43.4 Å². The summed E-state index contributed by atoms with van der Waals surface area (Å²) in [6.45, 7) is 0. The lowest BCUT2D eigenvalue weighted by Gasteiger charge is -2.11. The van der Waals surface area contributed by atoms with Crippen LogP contribution in [0.4, 0.5) is 5.69 Å². The van der Waals surface area contributed by atoms with E-state index in [1.165, 1.54) is 5.56 Å². The molecule has 0 saturated carbocycles. The summed E-state index contributed by atoms with van der Waals surface area (Å²) >= 11 is 0. The van der Waals surface area contributed by atoms with E-state index in [2.05, 4.69) is 18.2 Å². The molecule has 18 heavy (non-hydrogen) atoms. The van der Waals surface area contributed by atoms with E-state index in [1.54, 1.807) is 4.90 Å². The molecule has 0 saturated heterocycles. The van der Waals surface area contributed by atoms with Crippen LogP contribution in [0.15, 0.2) is 54.6 Å². The van der Waals surface area contributed by atoms with Crippen molar-refractivity contribution in [2.45, 2.75) is 12.3 Å². The Morgan fingerprint density at radius 1 is 1.00 bits per heavy atom. The monoisotopic (exact) mass is 237 g/mol. The van der Waals surface area contributed by atoms with Crippen LogP contribution in [0.2, 0.25) is 0 Å². The molecular formula is C16H15NO. The topological polar surface area (TPSA) is 20.3 Å². The quantitative estimate of drug-likeness (QED) is 0.786. The number of rotatable bonds is 2. The molecule has 0 bridgehead atoms. The smallest absolute Gasteiger partial charge is 0.234 e. The first kappa shape index (κ1) is 11.0. The molecule has 2 nitrogen and oxygen atoms in total. The number of likely N-dealkylation sites (N-methyl/N-ethyl adjacent to an activating group) is 1. The number of nitrogens with zero attached hydrogens (tertiary/aromatic N) is 1. The average Bonchev–Trinajstić information content (AvgIpc) is 2.66. The van der Waals surface area contributed by atoms with Crippen molar-refractivity contribution in [2.75, 3.05) is 11.9 Å². The fourth-order valence-corrected chi connectivity index (χ4v) is 2.62. The molecule has 1 heterocycles. The molecule has 1 aliphatic heterocycles. The number of anilines is 1. The predicted octanol–water partition coefficient (Wildman–Crippen LogP) is 2.99. The first-order valence-electron chi connectivity index (χ1n) is 6.18. The van der Waals surface area contributed by atoms with Gasteiger partial charge in [0, 0.05) is 12.7 Å². The maximum atomic E-state index is 12.3. The SMILES string of the molecule is CN1C(=O)[C@H](Cc2ccccc2)c2ccccc21. The molecule has 2 heteroatoms. The molecule has 0 aromatic heterocycles. The second-order valence-electron chi connectivity index (χ2n) is 4.70. The van der Waals surface area contributed by atoms with Gasteiger partial charge in [-0.05, 0) is 23.6 Å². The highest BCUT2D eigenvalue weighted by molar-refractivity contribution is 6.04. The van der Waals surface area contributed by atoms with Gasteiger partial charge in [-0.1, -0.05) is 48.5 Å². The van der Waals surface area contributed by atoms with Crippen molar-refractivity contribution >= 4 is 11.6 Å². The molecule has 1 aliphatic rings. The zero-order valence-electron chi connectivity index (χ0n) is 10.3. The lowest BCUT2D eigenvalue weighted by Crippen LogP contribution is -2.24. The van der Waals surface area contributed by atoms with Crippen molar-refractivity contribution in [3.05, 3.63) is 65.7 Å². The summed E-state index contributed by atoms with van der Waals surface area (Å²) in [6.07, 6.45) is 0.779. The van der Waals surface area contributed by atoms with Crippen molar-refractivity contribution < 1.29 is 4.79 Å². The minimum atomic E-state index is -0.0337. The van der Waals surface area contributed by atoms with E-state index in [0.29, 0.717) is 0 Å². The van der Waals surface area contributed by atoms with Crippen LogP contribution in [-0.2, 0) is 11.2 Å². The molecule has 2 aromatic carbocycles. The molecular weight excluding hydrogens is 222 g/mol. The zero-order valence-corrected chi connectivity index (χ0v) is 10.3. The largest absolute Gasteiger partial charge is 0.315 e. The fourth-order valence-electron chi connectivity index (χ4n) is 2.62. The highest BCUT2D eigenvalue weighted by Gasteiger charge is 2.34. The number of amides is 1. The number of carbonyl (C=O) groups excluding carboxylic acids is 1. The van der Waals surface area contributed by atoms with Crippen LogP contribution in [0.5, 0.6) is 0 Å². The summed E-state index contributed by atoms with van der Waals surface area (Å²) in [5, 5.41) is 0. The van der Waals surface area contributed by atoms with Gasteiger partial charge < -0.3 is 4.90 Å². The van der Waals surface area contributed by atoms with E-state index in [-0.39, 0.29) is 11.8 Å². The molecule has 1 atom stereocenters. The van der Waals surface area contributed by atoms with Gasteiger partial charge in [0.05, 0.1) is 5.92 Å². The third kappa shape index (κ3) is 1.70. The number of fused-ring (bicyclic) bond motifs is 1. The molecule has 1 amide bonds. The van der Waals surface area contributed by atoms with Gasteiger partial charge in [0.1, 0.15) is 0 Å². The van der Waals surface area contributed by atoms with Crippen LogP contribution in [0, 0.1) is 0 Å². The van der Waals surface area contributed by atoms with Gasteiger partial charge in [-0.3, -0.25) is 4.79 Å². The van der Waals surface area contributed by atoms with Gasteiger partial charge in [0.25, 0.3) is 0 Å². The van der Waals surface area contributed by atoms with Gasteiger partial charge in [-0.25, -0.2) is 0 Å². The molecule has 0 fully saturated rings. The summed E-state index contributed by atoms with van der Waals surface area (Å²) in [6, 6.07) is 18.2. The Labute approximate surface area is 107 Å². The number of hydrogen-bond acceptors (Lipinski definition) is 1. The van der Waals surface area contributed by atoms with Crippen molar-refractivity contribution in [3.63, 3.8) is 0 Å². The molecule has 90 valence electrons. The first-order valence-corrected chi connectivity index (χ1v) is 6.18. The van der Waals surface area contributed by atoms with Crippen molar-refractivity contribution in [2.24, 2.45) is 0 Å². The Balaban J connectivity index is 1.96. The van der Waals surface area contributed by atoms with Crippen LogP contribution < -0.4 is 4.90 Å². The van der Waals surface area contributed by atoms with Crippen LogP contribution >= 0.6 is 0 Å². The van der Waals surface area contributed by atoms with Gasteiger partial charge in [0.2, 0.25) is 5.91 Å². The Morgan fingerprint density at radius 2 is 1.67 bits per heavy atom. The molecule has 3 rings (SSSR count). The van der Waals surface area contributed by atoms with E-state index in [0.717, 1.165) is 17.7 Å². The Hall–Kier alpha value is -2.09. The fraction of sp³-hybridized carbons (Fsp3) is 0.188. The lowest BCUT2D eigenvalue weighted by atomic mass is 9.93. The van der Waals surface area contributed by atoms with Crippen LogP contribution in [0.25, 0.3) is 0 Å². The third-order valence-corrected chi connectivity index (χ3v) is 3.58.